The Morgan fingerprint density at radius 2 is 0.739 bits per heavy atom. The Morgan fingerprint density at radius 3 is 1.35 bits per heavy atom. The summed E-state index contributed by atoms with van der Waals surface area (Å²) in [4.78, 5) is 30.1. The van der Waals surface area contributed by atoms with Crippen molar-refractivity contribution in [1.82, 2.24) is 18.3 Å². The summed E-state index contributed by atoms with van der Waals surface area (Å²) in [5, 5.41) is 6.22. The molecule has 0 aliphatic heterocycles. The van der Waals surface area contributed by atoms with Crippen LogP contribution in [0.15, 0.2) is 245 Å². The minimum atomic E-state index is -0.646. The van der Waals surface area contributed by atoms with Crippen LogP contribution >= 0.6 is 0 Å². The fourth-order valence-electron chi connectivity index (χ4n) is 10.7. The second-order valence-corrected chi connectivity index (χ2v) is 17.6. The Balaban J connectivity index is 0.983. The molecular formula is C62H38N4O3. The van der Waals surface area contributed by atoms with Crippen molar-refractivity contribution in [1.29, 1.82) is 0 Å². The lowest BCUT2D eigenvalue weighted by atomic mass is 9.98. The maximum atomic E-state index is 15.1. The fraction of sp³-hybridized carbons (Fsp3) is 0. The fourth-order valence-corrected chi connectivity index (χ4v) is 10.7. The number of hydrogen-bond donors (Lipinski definition) is 0. The number of nitrogens with zero attached hydrogens (tertiary/aromatic N) is 4. The summed E-state index contributed by atoms with van der Waals surface area (Å²) < 4.78 is 14.1. The predicted octanol–water partition coefficient (Wildman–Crippen LogP) is 14.6. The van der Waals surface area contributed by atoms with Gasteiger partial charge in [-0.15, -0.1) is 0 Å². The number of fused-ring (bicyclic) bond motifs is 10. The van der Waals surface area contributed by atoms with E-state index in [4.69, 9.17) is 4.42 Å². The highest BCUT2D eigenvalue weighted by Gasteiger charge is 2.21. The Bertz CT molecular complexity index is 4520. The van der Waals surface area contributed by atoms with E-state index in [-0.39, 0.29) is 0 Å². The summed E-state index contributed by atoms with van der Waals surface area (Å²) in [6.07, 6.45) is 0. The van der Waals surface area contributed by atoms with Crippen LogP contribution in [0.2, 0.25) is 0 Å². The lowest BCUT2D eigenvalue weighted by molar-refractivity contribution is 0.670. The van der Waals surface area contributed by atoms with Gasteiger partial charge in [-0.3, -0.25) is 18.7 Å². The van der Waals surface area contributed by atoms with Gasteiger partial charge in [0.2, 0.25) is 0 Å². The molecule has 69 heavy (non-hydrogen) atoms. The topological polar surface area (TPSA) is 67.0 Å². The highest BCUT2D eigenvalue weighted by Crippen LogP contribution is 2.39. The van der Waals surface area contributed by atoms with Crippen molar-refractivity contribution < 1.29 is 4.42 Å². The highest BCUT2D eigenvalue weighted by molar-refractivity contribution is 6.12. The normalized spacial score (nSPS) is 11.9. The Kier molecular flexibility index (Phi) is 8.45. The lowest BCUT2D eigenvalue weighted by Gasteiger charge is -2.17. The molecule has 7 heteroatoms. The van der Waals surface area contributed by atoms with Gasteiger partial charge in [0, 0.05) is 49.3 Å². The third kappa shape index (κ3) is 5.87. The van der Waals surface area contributed by atoms with Crippen LogP contribution in [0.25, 0.3) is 122 Å². The quantitative estimate of drug-likeness (QED) is 0.156. The van der Waals surface area contributed by atoms with E-state index in [0.29, 0.717) is 22.4 Å². The first kappa shape index (κ1) is 38.8. The van der Waals surface area contributed by atoms with Gasteiger partial charge >= 0.3 is 11.1 Å². The molecule has 14 rings (SSSR count). The van der Waals surface area contributed by atoms with E-state index in [0.717, 1.165) is 99.2 Å². The van der Waals surface area contributed by atoms with Gasteiger partial charge in [0.1, 0.15) is 11.2 Å². The van der Waals surface area contributed by atoms with Crippen molar-refractivity contribution in [2.45, 2.75) is 0 Å². The van der Waals surface area contributed by atoms with Gasteiger partial charge < -0.3 is 13.6 Å². The number of rotatable bonds is 6. The van der Waals surface area contributed by atoms with Crippen molar-refractivity contribution in [3.63, 3.8) is 0 Å². The molecule has 0 spiro atoms. The van der Waals surface area contributed by atoms with E-state index < -0.39 is 11.1 Å². The Morgan fingerprint density at radius 1 is 0.275 bits per heavy atom. The highest BCUT2D eigenvalue weighted by atomic mass is 16.3. The summed E-state index contributed by atoms with van der Waals surface area (Å²) in [7, 11) is 0. The summed E-state index contributed by atoms with van der Waals surface area (Å²) in [5.41, 5.74) is 12.9. The van der Waals surface area contributed by atoms with E-state index in [9.17, 15) is 4.79 Å². The molecule has 0 saturated carbocycles. The van der Waals surface area contributed by atoms with Crippen LogP contribution in [0, 0.1) is 0 Å². The van der Waals surface area contributed by atoms with E-state index in [1.54, 1.807) is 9.13 Å². The predicted molar refractivity (Wildman–Crippen MR) is 282 cm³/mol. The van der Waals surface area contributed by atoms with Gasteiger partial charge in [0.15, 0.2) is 0 Å². The molecule has 0 bridgehead atoms. The van der Waals surface area contributed by atoms with Crippen LogP contribution in [0.3, 0.4) is 0 Å². The lowest BCUT2D eigenvalue weighted by Crippen LogP contribution is -2.40. The monoisotopic (exact) mass is 886 g/mol. The standard InChI is InChI=1S/C62H38N4O3/c67-61-62(68)66(45-32-35-56-52(38-45)48-19-8-11-24-54(48)64(56)43-16-5-2-6-17-43)58-36-41(39-26-28-40(29-27-39)46-21-13-22-50-49-20-9-12-25-59(49)69-60(46)50)30-33-57(58)65(61)44-31-34-55-51(37-44)47-18-7-10-23-53(47)63(55)42-14-3-1-4-15-42/h1-38H. The van der Waals surface area contributed by atoms with Gasteiger partial charge in [-0.25, -0.2) is 0 Å². The zero-order valence-electron chi connectivity index (χ0n) is 37.0. The van der Waals surface area contributed by atoms with Crippen molar-refractivity contribution in [3.8, 4) is 45.0 Å². The molecule has 4 heterocycles. The molecule has 0 unspecified atom stereocenters. The molecule has 0 radical (unpaired) electrons. The third-order valence-electron chi connectivity index (χ3n) is 13.8. The first-order valence-corrected chi connectivity index (χ1v) is 23.1. The van der Waals surface area contributed by atoms with Crippen LogP contribution in [0.5, 0.6) is 0 Å². The van der Waals surface area contributed by atoms with Crippen molar-refractivity contribution in [3.05, 3.63) is 251 Å². The molecule has 0 aliphatic carbocycles. The largest absolute Gasteiger partial charge is 0.455 e. The van der Waals surface area contributed by atoms with Crippen molar-refractivity contribution >= 4 is 76.6 Å². The smallest absolute Gasteiger partial charge is 0.321 e. The first-order valence-electron chi connectivity index (χ1n) is 23.1. The van der Waals surface area contributed by atoms with Gasteiger partial charge in [-0.05, 0) is 108 Å². The summed E-state index contributed by atoms with van der Waals surface area (Å²) in [5.74, 6) is 0. The Labute approximate surface area is 393 Å². The van der Waals surface area contributed by atoms with E-state index in [1.807, 2.05) is 121 Å². The molecule has 0 atom stereocenters. The Hall–Kier alpha value is -9.46. The number of aromatic nitrogens is 4. The summed E-state index contributed by atoms with van der Waals surface area (Å²) in [6, 6.07) is 78.2. The molecule has 0 aliphatic rings. The molecule has 14 aromatic rings. The molecule has 4 aromatic heterocycles. The van der Waals surface area contributed by atoms with Crippen LogP contribution in [-0.4, -0.2) is 18.3 Å². The molecule has 7 nitrogen and oxygen atoms in total. The van der Waals surface area contributed by atoms with Gasteiger partial charge in [0.05, 0.1) is 44.5 Å². The molecular weight excluding hydrogens is 849 g/mol. The maximum absolute atomic E-state index is 15.1. The van der Waals surface area contributed by atoms with E-state index in [1.165, 1.54) is 0 Å². The number of para-hydroxylation sites is 6. The van der Waals surface area contributed by atoms with Gasteiger partial charge in [-0.1, -0.05) is 140 Å². The zero-order chi connectivity index (χ0) is 45.7. The SMILES string of the molecule is O=c1c(=O)n(-c2ccc3c(c2)c2ccccc2n3-c2ccccc2)c2cc(-c3ccc(-c4cccc5c4oc4ccccc45)cc3)ccc2n1-c1ccc2c(c1)c1ccccc1n2-c1ccccc1. The van der Waals surface area contributed by atoms with E-state index >= 15 is 4.79 Å². The van der Waals surface area contributed by atoms with Crippen LogP contribution in [0.4, 0.5) is 0 Å². The summed E-state index contributed by atoms with van der Waals surface area (Å²) >= 11 is 0. The van der Waals surface area contributed by atoms with E-state index in [2.05, 4.69) is 118 Å². The van der Waals surface area contributed by atoms with Crippen LogP contribution in [0.1, 0.15) is 0 Å². The minimum absolute atomic E-state index is 0.602. The average Bonchev–Trinajstić information content (AvgIpc) is 4.07. The van der Waals surface area contributed by atoms with Gasteiger partial charge in [0.25, 0.3) is 0 Å². The summed E-state index contributed by atoms with van der Waals surface area (Å²) in [6.45, 7) is 0. The first-order chi connectivity index (χ1) is 34.1. The van der Waals surface area contributed by atoms with Crippen molar-refractivity contribution in [2.75, 3.05) is 0 Å². The second-order valence-electron chi connectivity index (χ2n) is 17.6. The number of furan rings is 1. The molecule has 10 aromatic carbocycles. The zero-order valence-corrected chi connectivity index (χ0v) is 37.0. The third-order valence-corrected chi connectivity index (χ3v) is 13.8. The minimum Gasteiger partial charge on any atom is -0.455 e. The molecule has 324 valence electrons. The second kappa shape index (κ2) is 15.0. The molecule has 0 N–H and O–H groups in total. The number of benzene rings is 10. The van der Waals surface area contributed by atoms with Gasteiger partial charge in [-0.2, -0.15) is 0 Å². The van der Waals surface area contributed by atoms with Crippen LogP contribution < -0.4 is 11.1 Å². The molecule has 0 fully saturated rings. The molecule has 0 amide bonds. The molecule has 0 saturated heterocycles. The average molecular weight is 887 g/mol. The van der Waals surface area contributed by atoms with Crippen LogP contribution in [-0.2, 0) is 0 Å². The van der Waals surface area contributed by atoms with Crippen molar-refractivity contribution in [2.24, 2.45) is 0 Å². The number of hydrogen-bond acceptors (Lipinski definition) is 3. The maximum Gasteiger partial charge on any atom is 0.321 e.